The van der Waals surface area contributed by atoms with E-state index >= 15 is 0 Å². The van der Waals surface area contributed by atoms with Gasteiger partial charge in [-0.05, 0) is 26.0 Å². The van der Waals surface area contributed by atoms with Gasteiger partial charge in [0.2, 0.25) is 5.95 Å². The average Bonchev–Trinajstić information content (AvgIpc) is 2.77. The normalized spacial score (nSPS) is 12.2. The molecule has 0 amide bonds. The van der Waals surface area contributed by atoms with E-state index in [0.717, 1.165) is 12.6 Å². The Morgan fingerprint density at radius 3 is 2.89 bits per heavy atom. The van der Waals surface area contributed by atoms with Gasteiger partial charge in [-0.3, -0.25) is 5.43 Å². The number of rotatable bonds is 5. The van der Waals surface area contributed by atoms with Crippen molar-refractivity contribution >= 4 is 23.1 Å². The topological polar surface area (TPSA) is 75.9 Å². The first-order chi connectivity index (χ1) is 9.08. The van der Waals surface area contributed by atoms with Gasteiger partial charge in [0.15, 0.2) is 11.6 Å². The van der Waals surface area contributed by atoms with E-state index < -0.39 is 5.82 Å². The van der Waals surface area contributed by atoms with Gasteiger partial charge in [-0.15, -0.1) is 11.3 Å². The van der Waals surface area contributed by atoms with Crippen molar-refractivity contribution < 1.29 is 4.39 Å². The molecule has 2 heterocycles. The van der Waals surface area contributed by atoms with Crippen LogP contribution in [0.25, 0.3) is 0 Å². The van der Waals surface area contributed by atoms with Gasteiger partial charge < -0.3 is 5.32 Å². The second-order valence-electron chi connectivity index (χ2n) is 4.30. The maximum Gasteiger partial charge on any atom is 0.239 e. The van der Waals surface area contributed by atoms with Crippen molar-refractivity contribution in [3.8, 4) is 0 Å². The van der Waals surface area contributed by atoms with Crippen molar-refractivity contribution in [3.05, 3.63) is 33.9 Å². The lowest BCUT2D eigenvalue weighted by atomic mass is 10.2. The fraction of sp³-hybridized carbons (Fsp3) is 0.333. The third-order valence-corrected chi connectivity index (χ3v) is 3.58. The molecule has 0 aliphatic rings. The van der Waals surface area contributed by atoms with Crippen LogP contribution in [0, 0.1) is 12.7 Å². The molecular weight excluding hydrogens is 265 g/mol. The van der Waals surface area contributed by atoms with Gasteiger partial charge in [-0.25, -0.2) is 15.2 Å². The predicted molar refractivity (Wildman–Crippen MR) is 75.6 cm³/mol. The van der Waals surface area contributed by atoms with E-state index in [2.05, 4.69) is 39.8 Å². The zero-order valence-electron chi connectivity index (χ0n) is 10.8. The molecule has 0 saturated heterocycles. The van der Waals surface area contributed by atoms with Crippen LogP contribution < -0.4 is 16.6 Å². The number of hydrazine groups is 1. The minimum absolute atomic E-state index is 0.0630. The number of nitrogens with one attached hydrogen (secondary N) is 2. The maximum atomic E-state index is 13.6. The van der Waals surface area contributed by atoms with Crippen LogP contribution in [-0.2, 0) is 6.42 Å². The number of hydrogen-bond acceptors (Lipinski definition) is 6. The summed E-state index contributed by atoms with van der Waals surface area (Å²) in [4.78, 5) is 10.2. The zero-order chi connectivity index (χ0) is 13.8. The van der Waals surface area contributed by atoms with Crippen LogP contribution >= 0.6 is 11.3 Å². The first-order valence-corrected chi connectivity index (χ1v) is 6.71. The summed E-state index contributed by atoms with van der Waals surface area (Å²) >= 11 is 1.74. The quantitative estimate of drug-likeness (QED) is 0.579. The summed E-state index contributed by atoms with van der Waals surface area (Å²) in [7, 11) is 0. The fourth-order valence-electron chi connectivity index (χ4n) is 1.72. The Morgan fingerprint density at radius 1 is 1.47 bits per heavy atom. The van der Waals surface area contributed by atoms with Crippen LogP contribution in [0.1, 0.15) is 16.7 Å². The van der Waals surface area contributed by atoms with E-state index in [1.807, 2.05) is 6.92 Å². The van der Waals surface area contributed by atoms with Crippen molar-refractivity contribution in [2.24, 2.45) is 5.84 Å². The molecule has 1 unspecified atom stereocenters. The predicted octanol–water partition coefficient (Wildman–Crippen LogP) is 2.31. The number of hydrogen-bond donors (Lipinski definition) is 3. The van der Waals surface area contributed by atoms with Crippen molar-refractivity contribution in [3.63, 3.8) is 0 Å². The van der Waals surface area contributed by atoms with Gasteiger partial charge in [0, 0.05) is 22.2 Å². The van der Waals surface area contributed by atoms with E-state index in [1.165, 1.54) is 9.75 Å². The van der Waals surface area contributed by atoms with E-state index in [9.17, 15) is 4.39 Å². The Bertz CT molecular complexity index is 557. The highest BCUT2D eigenvalue weighted by Crippen LogP contribution is 2.19. The SMILES string of the molecule is Cc1ccc(CC(C)Nc2nc(NN)ncc2F)s1. The number of anilines is 2. The van der Waals surface area contributed by atoms with E-state index in [4.69, 9.17) is 5.84 Å². The van der Waals surface area contributed by atoms with E-state index in [1.54, 1.807) is 11.3 Å². The van der Waals surface area contributed by atoms with Crippen LogP contribution in [0.3, 0.4) is 0 Å². The van der Waals surface area contributed by atoms with Gasteiger partial charge >= 0.3 is 0 Å². The lowest BCUT2D eigenvalue weighted by molar-refractivity contribution is 0.612. The molecular formula is C12H16FN5S. The van der Waals surface area contributed by atoms with Crippen LogP contribution in [0.15, 0.2) is 18.3 Å². The Hall–Kier alpha value is -1.73. The summed E-state index contributed by atoms with van der Waals surface area (Å²) < 4.78 is 13.6. The summed E-state index contributed by atoms with van der Waals surface area (Å²) in [6.07, 6.45) is 1.90. The molecule has 2 aromatic rings. The zero-order valence-corrected chi connectivity index (χ0v) is 11.6. The van der Waals surface area contributed by atoms with Crippen LogP contribution in [-0.4, -0.2) is 16.0 Å². The van der Waals surface area contributed by atoms with Crippen molar-refractivity contribution in [2.75, 3.05) is 10.7 Å². The molecule has 0 bridgehead atoms. The Labute approximate surface area is 115 Å². The molecule has 0 spiro atoms. The summed E-state index contributed by atoms with van der Waals surface area (Å²) in [6.45, 7) is 4.04. The standard InChI is InChI=1S/C12H16FN5S/c1-7(5-9-4-3-8(2)19-9)16-11-10(13)6-15-12(17-11)18-14/h3-4,6-7H,5,14H2,1-2H3,(H2,15,16,17,18). The summed E-state index contributed by atoms with van der Waals surface area (Å²) in [5.74, 6) is 5.05. The fourth-order valence-corrected chi connectivity index (χ4v) is 2.74. The van der Waals surface area contributed by atoms with Gasteiger partial charge in [0.1, 0.15) is 0 Å². The lowest BCUT2D eigenvalue weighted by Gasteiger charge is -2.14. The molecule has 1 atom stereocenters. The van der Waals surface area contributed by atoms with Crippen molar-refractivity contribution in [1.82, 2.24) is 9.97 Å². The summed E-state index contributed by atoms with van der Waals surface area (Å²) in [6, 6.07) is 4.23. The molecule has 102 valence electrons. The Balaban J connectivity index is 2.03. The van der Waals surface area contributed by atoms with Gasteiger partial charge in [0.05, 0.1) is 6.20 Å². The van der Waals surface area contributed by atoms with Crippen LogP contribution in [0.2, 0.25) is 0 Å². The molecule has 0 aliphatic carbocycles. The van der Waals surface area contributed by atoms with E-state index in [0.29, 0.717) is 0 Å². The van der Waals surface area contributed by atoms with Crippen molar-refractivity contribution in [1.29, 1.82) is 0 Å². The highest BCUT2D eigenvalue weighted by molar-refractivity contribution is 7.11. The monoisotopic (exact) mass is 281 g/mol. The number of nitrogen functional groups attached to an aromatic ring is 1. The minimum atomic E-state index is -0.492. The largest absolute Gasteiger partial charge is 0.365 e. The summed E-state index contributed by atoms with van der Waals surface area (Å²) in [5.41, 5.74) is 2.29. The molecule has 19 heavy (non-hydrogen) atoms. The third-order valence-electron chi connectivity index (χ3n) is 2.56. The number of nitrogens with two attached hydrogens (primary N) is 1. The molecule has 0 radical (unpaired) electrons. The Kier molecular flexibility index (Phi) is 4.28. The molecule has 2 aromatic heterocycles. The second kappa shape index (κ2) is 5.94. The molecule has 2 rings (SSSR count). The molecule has 0 fully saturated rings. The second-order valence-corrected chi connectivity index (χ2v) is 5.67. The molecule has 0 aromatic carbocycles. The van der Waals surface area contributed by atoms with Gasteiger partial charge in [-0.2, -0.15) is 4.98 Å². The minimum Gasteiger partial charge on any atom is -0.365 e. The van der Waals surface area contributed by atoms with E-state index in [-0.39, 0.29) is 17.8 Å². The lowest BCUT2D eigenvalue weighted by Crippen LogP contribution is -2.20. The highest BCUT2D eigenvalue weighted by Gasteiger charge is 2.11. The highest BCUT2D eigenvalue weighted by atomic mass is 32.1. The summed E-state index contributed by atoms with van der Waals surface area (Å²) in [5, 5.41) is 3.03. The molecule has 4 N–H and O–H groups in total. The number of thiophene rings is 1. The average molecular weight is 281 g/mol. The molecule has 0 aliphatic heterocycles. The first kappa shape index (κ1) is 13.7. The Morgan fingerprint density at radius 2 is 2.26 bits per heavy atom. The maximum absolute atomic E-state index is 13.6. The number of aryl methyl sites for hydroxylation is 1. The van der Waals surface area contributed by atoms with Gasteiger partial charge in [0.25, 0.3) is 0 Å². The smallest absolute Gasteiger partial charge is 0.239 e. The van der Waals surface area contributed by atoms with Crippen LogP contribution in [0.5, 0.6) is 0 Å². The third kappa shape index (κ3) is 3.62. The number of nitrogens with zero attached hydrogens (tertiary/aromatic N) is 2. The van der Waals surface area contributed by atoms with Crippen molar-refractivity contribution in [2.45, 2.75) is 26.3 Å². The van der Waals surface area contributed by atoms with Crippen LogP contribution in [0.4, 0.5) is 16.2 Å². The molecule has 5 nitrogen and oxygen atoms in total. The molecule has 7 heteroatoms. The van der Waals surface area contributed by atoms with Gasteiger partial charge in [-0.1, -0.05) is 0 Å². The first-order valence-electron chi connectivity index (χ1n) is 5.89. The number of halogens is 1. The number of aromatic nitrogens is 2. The molecule has 0 saturated carbocycles.